The quantitative estimate of drug-likeness (QED) is 0.566. The highest BCUT2D eigenvalue weighted by atomic mass is 16.5. The van der Waals surface area contributed by atoms with E-state index in [9.17, 15) is 4.79 Å². The number of likely N-dealkylation sites (tertiary alicyclic amines) is 1. The molecule has 2 aliphatic rings. The van der Waals surface area contributed by atoms with Gasteiger partial charge in [-0.3, -0.25) is 9.79 Å². The van der Waals surface area contributed by atoms with Crippen LogP contribution in [0.2, 0.25) is 0 Å². The number of hydrogen-bond acceptors (Lipinski definition) is 4. The van der Waals surface area contributed by atoms with Crippen molar-refractivity contribution in [3.05, 3.63) is 23.9 Å². The number of nitrogens with one attached hydrogen (secondary N) is 2. The van der Waals surface area contributed by atoms with Gasteiger partial charge < -0.3 is 20.3 Å². The molecular weight excluding hydrogens is 366 g/mol. The molecule has 0 aromatic carbocycles. The maximum absolute atomic E-state index is 12.7. The molecule has 3 rings (SSSR count). The van der Waals surface area contributed by atoms with Gasteiger partial charge in [-0.05, 0) is 38.7 Å². The number of hydrogen-bond donors (Lipinski definition) is 2. The SMILES string of the molecule is CN=C(NCc1ccc(OC(C)C)nc1)NC1CCN(C(=O)C2CCCCC2)C1. The summed E-state index contributed by atoms with van der Waals surface area (Å²) in [5, 5.41) is 6.80. The summed E-state index contributed by atoms with van der Waals surface area (Å²) in [6.07, 6.45) is 8.69. The standard InChI is InChI=1S/C22H35N5O2/c1-16(2)29-20-10-9-17(13-24-20)14-25-22(23-3)26-19-11-12-27(15-19)21(28)18-7-5-4-6-8-18/h9-10,13,16,18-19H,4-8,11-12,14-15H2,1-3H3,(H2,23,25,26). The molecule has 1 aromatic heterocycles. The molecule has 7 nitrogen and oxygen atoms in total. The molecule has 0 radical (unpaired) electrons. The molecule has 2 fully saturated rings. The fourth-order valence-corrected chi connectivity index (χ4v) is 4.09. The molecule has 1 aliphatic carbocycles. The average molecular weight is 402 g/mol. The van der Waals surface area contributed by atoms with E-state index in [1.165, 1.54) is 19.3 Å². The van der Waals surface area contributed by atoms with Crippen molar-refractivity contribution in [2.24, 2.45) is 10.9 Å². The van der Waals surface area contributed by atoms with E-state index in [2.05, 4.69) is 20.6 Å². The third-order valence-corrected chi connectivity index (χ3v) is 5.63. The van der Waals surface area contributed by atoms with E-state index >= 15 is 0 Å². The lowest BCUT2D eigenvalue weighted by Crippen LogP contribution is -2.45. The Morgan fingerprint density at radius 1 is 1.28 bits per heavy atom. The molecule has 1 saturated carbocycles. The Labute approximate surface area is 174 Å². The van der Waals surface area contributed by atoms with Gasteiger partial charge in [0, 0.05) is 50.9 Å². The molecule has 7 heteroatoms. The number of ether oxygens (including phenoxy) is 1. The van der Waals surface area contributed by atoms with E-state index in [-0.39, 0.29) is 18.1 Å². The van der Waals surface area contributed by atoms with Crippen LogP contribution in [0, 0.1) is 5.92 Å². The molecule has 1 saturated heterocycles. The molecular formula is C22H35N5O2. The zero-order valence-electron chi connectivity index (χ0n) is 18.0. The van der Waals surface area contributed by atoms with Crippen LogP contribution in [-0.2, 0) is 11.3 Å². The lowest BCUT2D eigenvalue weighted by molar-refractivity contribution is -0.135. The molecule has 2 N–H and O–H groups in total. The Hall–Kier alpha value is -2.31. The van der Waals surface area contributed by atoms with E-state index in [0.29, 0.717) is 18.3 Å². The van der Waals surface area contributed by atoms with Crippen molar-refractivity contribution in [2.75, 3.05) is 20.1 Å². The van der Waals surface area contributed by atoms with E-state index in [0.717, 1.165) is 43.9 Å². The van der Waals surface area contributed by atoms with Crippen molar-refractivity contribution in [1.82, 2.24) is 20.5 Å². The van der Waals surface area contributed by atoms with Crippen LogP contribution in [0.4, 0.5) is 0 Å². The minimum atomic E-state index is 0.116. The normalized spacial score (nSPS) is 20.8. The minimum Gasteiger partial charge on any atom is -0.475 e. The number of aromatic nitrogens is 1. The van der Waals surface area contributed by atoms with Crippen molar-refractivity contribution in [2.45, 2.75) is 71.1 Å². The predicted octanol–water partition coefficient (Wildman–Crippen LogP) is 2.71. The van der Waals surface area contributed by atoms with Crippen LogP contribution in [0.1, 0.15) is 57.9 Å². The van der Waals surface area contributed by atoms with Crippen LogP contribution in [0.25, 0.3) is 0 Å². The molecule has 1 aliphatic heterocycles. The number of carbonyl (C=O) groups is 1. The van der Waals surface area contributed by atoms with Crippen molar-refractivity contribution >= 4 is 11.9 Å². The van der Waals surface area contributed by atoms with E-state index in [1.807, 2.05) is 37.1 Å². The van der Waals surface area contributed by atoms with E-state index < -0.39 is 0 Å². The third kappa shape index (κ3) is 6.34. The van der Waals surface area contributed by atoms with Gasteiger partial charge in [0.15, 0.2) is 5.96 Å². The number of rotatable bonds is 6. The lowest BCUT2D eigenvalue weighted by atomic mass is 9.88. The first-order valence-electron chi connectivity index (χ1n) is 10.9. The average Bonchev–Trinajstić information content (AvgIpc) is 3.20. The Kier molecular flexibility index (Phi) is 7.72. The Morgan fingerprint density at radius 2 is 2.07 bits per heavy atom. The monoisotopic (exact) mass is 401 g/mol. The summed E-state index contributed by atoms with van der Waals surface area (Å²) >= 11 is 0. The van der Waals surface area contributed by atoms with Gasteiger partial charge in [0.2, 0.25) is 11.8 Å². The molecule has 1 aromatic rings. The minimum absolute atomic E-state index is 0.116. The predicted molar refractivity (Wildman–Crippen MR) is 115 cm³/mol. The molecule has 160 valence electrons. The Bertz CT molecular complexity index is 683. The van der Waals surface area contributed by atoms with Crippen LogP contribution in [0.3, 0.4) is 0 Å². The van der Waals surface area contributed by atoms with Crippen molar-refractivity contribution in [3.8, 4) is 5.88 Å². The van der Waals surface area contributed by atoms with Gasteiger partial charge in [0.25, 0.3) is 0 Å². The van der Waals surface area contributed by atoms with Crippen LogP contribution in [0.15, 0.2) is 23.3 Å². The van der Waals surface area contributed by atoms with E-state index in [4.69, 9.17) is 4.74 Å². The topological polar surface area (TPSA) is 78.9 Å². The second-order valence-electron chi connectivity index (χ2n) is 8.35. The van der Waals surface area contributed by atoms with Gasteiger partial charge in [-0.1, -0.05) is 25.3 Å². The summed E-state index contributed by atoms with van der Waals surface area (Å²) in [6, 6.07) is 4.14. The molecule has 0 bridgehead atoms. The van der Waals surface area contributed by atoms with Crippen LogP contribution in [-0.4, -0.2) is 54.0 Å². The van der Waals surface area contributed by atoms with Gasteiger partial charge >= 0.3 is 0 Å². The zero-order valence-corrected chi connectivity index (χ0v) is 18.0. The van der Waals surface area contributed by atoms with Gasteiger partial charge in [-0.15, -0.1) is 0 Å². The van der Waals surface area contributed by atoms with Crippen molar-refractivity contribution in [1.29, 1.82) is 0 Å². The zero-order chi connectivity index (χ0) is 20.6. The molecule has 1 unspecified atom stereocenters. The summed E-state index contributed by atoms with van der Waals surface area (Å²) in [6.45, 7) is 6.20. The first-order chi connectivity index (χ1) is 14.0. The fraction of sp³-hybridized carbons (Fsp3) is 0.682. The van der Waals surface area contributed by atoms with Gasteiger partial charge in [-0.25, -0.2) is 4.98 Å². The summed E-state index contributed by atoms with van der Waals surface area (Å²) in [4.78, 5) is 23.4. The maximum Gasteiger partial charge on any atom is 0.225 e. The molecule has 29 heavy (non-hydrogen) atoms. The highest BCUT2D eigenvalue weighted by Crippen LogP contribution is 2.26. The number of nitrogens with zero attached hydrogens (tertiary/aromatic N) is 3. The molecule has 0 spiro atoms. The van der Waals surface area contributed by atoms with Crippen LogP contribution >= 0.6 is 0 Å². The summed E-state index contributed by atoms with van der Waals surface area (Å²) in [5.41, 5.74) is 1.06. The van der Waals surface area contributed by atoms with Gasteiger partial charge in [-0.2, -0.15) is 0 Å². The number of aliphatic imine (C=N–C) groups is 1. The Morgan fingerprint density at radius 3 is 2.72 bits per heavy atom. The number of pyridine rings is 1. The molecule has 1 atom stereocenters. The van der Waals surface area contributed by atoms with Crippen LogP contribution in [0.5, 0.6) is 5.88 Å². The fourth-order valence-electron chi connectivity index (χ4n) is 4.09. The van der Waals surface area contributed by atoms with Crippen molar-refractivity contribution < 1.29 is 9.53 Å². The van der Waals surface area contributed by atoms with Gasteiger partial charge in [0.1, 0.15) is 0 Å². The lowest BCUT2D eigenvalue weighted by Gasteiger charge is -2.26. The second kappa shape index (κ2) is 10.5. The highest BCUT2D eigenvalue weighted by Gasteiger charge is 2.31. The first-order valence-corrected chi connectivity index (χ1v) is 10.9. The number of carbonyl (C=O) groups excluding carboxylic acids is 1. The van der Waals surface area contributed by atoms with E-state index in [1.54, 1.807) is 7.05 Å². The second-order valence-corrected chi connectivity index (χ2v) is 8.35. The molecule has 1 amide bonds. The number of amides is 1. The first kappa shape index (κ1) is 21.4. The highest BCUT2D eigenvalue weighted by molar-refractivity contribution is 5.81. The van der Waals surface area contributed by atoms with Crippen LogP contribution < -0.4 is 15.4 Å². The summed E-state index contributed by atoms with van der Waals surface area (Å²) < 4.78 is 5.58. The number of guanidine groups is 1. The Balaban J connectivity index is 1.43. The van der Waals surface area contributed by atoms with Crippen molar-refractivity contribution in [3.63, 3.8) is 0 Å². The maximum atomic E-state index is 12.7. The largest absolute Gasteiger partial charge is 0.475 e. The third-order valence-electron chi connectivity index (χ3n) is 5.63. The molecule has 2 heterocycles. The van der Waals surface area contributed by atoms with Gasteiger partial charge in [0.05, 0.1) is 6.10 Å². The summed E-state index contributed by atoms with van der Waals surface area (Å²) in [5.74, 6) is 1.99. The smallest absolute Gasteiger partial charge is 0.225 e. The summed E-state index contributed by atoms with van der Waals surface area (Å²) in [7, 11) is 1.77.